The second-order valence-corrected chi connectivity index (χ2v) is 18.2. The Morgan fingerprint density at radius 1 is 0.271 bits per heavy atom. The number of rotatable bonds is 49. The molecule has 0 fully saturated rings. The first-order valence-electron chi connectivity index (χ1n) is 26.5. The van der Waals surface area contributed by atoms with Gasteiger partial charge in [-0.05, 0) is 19.3 Å². The highest BCUT2D eigenvalue weighted by atomic mass is 16.6. The summed E-state index contributed by atoms with van der Waals surface area (Å²) >= 11 is 0. The summed E-state index contributed by atoms with van der Waals surface area (Å²) in [6.45, 7) is 6.68. The smallest absolute Gasteiger partial charge is 0.306 e. The van der Waals surface area contributed by atoms with Crippen molar-refractivity contribution in [2.24, 2.45) is 0 Å². The van der Waals surface area contributed by atoms with Crippen LogP contribution in [-0.4, -0.2) is 37.2 Å². The Labute approximate surface area is 368 Å². The lowest BCUT2D eigenvalue weighted by atomic mass is 10.0. The lowest BCUT2D eigenvalue weighted by Gasteiger charge is -2.18. The molecule has 59 heavy (non-hydrogen) atoms. The first-order chi connectivity index (χ1) is 29.0. The van der Waals surface area contributed by atoms with Crippen molar-refractivity contribution in [3.8, 4) is 0 Å². The summed E-state index contributed by atoms with van der Waals surface area (Å²) in [6.07, 6.45) is 52.3. The highest BCUT2D eigenvalue weighted by molar-refractivity contribution is 5.71. The number of unbranched alkanes of at least 4 members (excludes halogenated alkanes) is 38. The lowest BCUT2D eigenvalue weighted by Crippen LogP contribution is -2.30. The van der Waals surface area contributed by atoms with Gasteiger partial charge in [0, 0.05) is 19.3 Å². The average molecular weight is 835 g/mol. The van der Waals surface area contributed by atoms with Crippen LogP contribution < -0.4 is 0 Å². The first-order valence-corrected chi connectivity index (χ1v) is 26.5. The van der Waals surface area contributed by atoms with Crippen LogP contribution in [-0.2, 0) is 28.6 Å². The number of carbonyl (C=O) groups excluding carboxylic acids is 3. The topological polar surface area (TPSA) is 78.9 Å². The van der Waals surface area contributed by atoms with Gasteiger partial charge in [0.05, 0.1) is 0 Å². The van der Waals surface area contributed by atoms with Crippen LogP contribution in [0.15, 0.2) is 0 Å². The molecule has 0 aromatic carbocycles. The maximum atomic E-state index is 12.8. The lowest BCUT2D eigenvalue weighted by molar-refractivity contribution is -0.167. The van der Waals surface area contributed by atoms with Gasteiger partial charge in [-0.1, -0.05) is 265 Å². The fourth-order valence-electron chi connectivity index (χ4n) is 8.09. The summed E-state index contributed by atoms with van der Waals surface area (Å²) in [5.74, 6) is -0.840. The van der Waals surface area contributed by atoms with Crippen molar-refractivity contribution in [2.75, 3.05) is 13.2 Å². The van der Waals surface area contributed by atoms with Gasteiger partial charge >= 0.3 is 17.9 Å². The molecule has 0 saturated heterocycles. The fourth-order valence-corrected chi connectivity index (χ4v) is 8.09. The van der Waals surface area contributed by atoms with Gasteiger partial charge in [-0.15, -0.1) is 0 Å². The highest BCUT2D eigenvalue weighted by Crippen LogP contribution is 2.17. The Morgan fingerprint density at radius 2 is 0.458 bits per heavy atom. The molecule has 0 amide bonds. The molecular weight excluding hydrogens is 733 g/mol. The molecular formula is C53H102O6. The van der Waals surface area contributed by atoms with Crippen LogP contribution in [0.5, 0.6) is 0 Å². The average Bonchev–Trinajstić information content (AvgIpc) is 3.23. The Hall–Kier alpha value is -1.59. The van der Waals surface area contributed by atoms with Crippen molar-refractivity contribution in [1.82, 2.24) is 0 Å². The van der Waals surface area contributed by atoms with Crippen LogP contribution in [0.25, 0.3) is 0 Å². The zero-order chi connectivity index (χ0) is 43.0. The van der Waals surface area contributed by atoms with Crippen molar-refractivity contribution < 1.29 is 28.6 Å². The van der Waals surface area contributed by atoms with E-state index in [9.17, 15) is 14.4 Å². The SMILES string of the molecule is CCCCCCCCCCCCCCCCCCCC(=O)OC[C@@H](COC(=O)CCCCCCCCCCCCC)OC(=O)CCCCCCCCCCCCCCC. The third-order valence-electron chi connectivity index (χ3n) is 12.1. The summed E-state index contributed by atoms with van der Waals surface area (Å²) in [4.78, 5) is 37.9. The molecule has 6 nitrogen and oxygen atoms in total. The van der Waals surface area contributed by atoms with E-state index in [4.69, 9.17) is 14.2 Å². The van der Waals surface area contributed by atoms with Crippen molar-refractivity contribution in [3.05, 3.63) is 0 Å². The van der Waals surface area contributed by atoms with Crippen molar-refractivity contribution in [2.45, 2.75) is 309 Å². The summed E-state index contributed by atoms with van der Waals surface area (Å²) in [7, 11) is 0. The molecule has 6 heteroatoms. The van der Waals surface area contributed by atoms with Gasteiger partial charge in [-0.2, -0.15) is 0 Å². The summed E-state index contributed by atoms with van der Waals surface area (Å²) in [5, 5.41) is 0. The molecule has 0 unspecified atom stereocenters. The van der Waals surface area contributed by atoms with E-state index >= 15 is 0 Å². The largest absolute Gasteiger partial charge is 0.462 e. The summed E-state index contributed by atoms with van der Waals surface area (Å²) in [5.41, 5.74) is 0. The van der Waals surface area contributed by atoms with Crippen LogP contribution in [0, 0.1) is 0 Å². The molecule has 1 atom stereocenters. The Morgan fingerprint density at radius 3 is 0.678 bits per heavy atom. The normalized spacial score (nSPS) is 11.8. The van der Waals surface area contributed by atoms with Gasteiger partial charge in [-0.3, -0.25) is 14.4 Å². The molecule has 0 aliphatic heterocycles. The monoisotopic (exact) mass is 835 g/mol. The molecule has 0 heterocycles. The molecule has 0 radical (unpaired) electrons. The molecule has 0 aliphatic rings. The standard InChI is InChI=1S/C53H102O6/c1-4-7-10-13-16-19-22-24-25-26-27-29-31-34-37-40-43-46-52(55)58-49-50(48-57-51(54)45-42-39-36-33-30-21-18-15-12-9-6-3)59-53(56)47-44-41-38-35-32-28-23-20-17-14-11-8-5-2/h50H,4-49H2,1-3H3/t50-/m1/s1. The minimum Gasteiger partial charge on any atom is -0.462 e. The Kier molecular flexibility index (Phi) is 47.7. The zero-order valence-corrected chi connectivity index (χ0v) is 40.1. The van der Waals surface area contributed by atoms with E-state index in [1.54, 1.807) is 0 Å². The molecule has 0 saturated carbocycles. The minimum atomic E-state index is -0.759. The maximum Gasteiger partial charge on any atom is 0.306 e. The van der Waals surface area contributed by atoms with Gasteiger partial charge in [-0.25, -0.2) is 0 Å². The number of ether oxygens (including phenoxy) is 3. The van der Waals surface area contributed by atoms with E-state index in [2.05, 4.69) is 20.8 Å². The van der Waals surface area contributed by atoms with E-state index < -0.39 is 6.10 Å². The van der Waals surface area contributed by atoms with Crippen LogP contribution in [0.3, 0.4) is 0 Å². The van der Waals surface area contributed by atoms with Crippen molar-refractivity contribution in [3.63, 3.8) is 0 Å². The Balaban J connectivity index is 4.27. The molecule has 0 bridgehead atoms. The van der Waals surface area contributed by atoms with Crippen LogP contribution >= 0.6 is 0 Å². The Bertz CT molecular complexity index is 874. The third-order valence-corrected chi connectivity index (χ3v) is 12.1. The predicted octanol–water partition coefficient (Wildman–Crippen LogP) is 17.2. The predicted molar refractivity (Wildman–Crippen MR) is 252 cm³/mol. The summed E-state index contributed by atoms with van der Waals surface area (Å²) < 4.78 is 16.8. The molecule has 0 spiro atoms. The van der Waals surface area contributed by atoms with Gasteiger partial charge in [0.25, 0.3) is 0 Å². The maximum absolute atomic E-state index is 12.8. The van der Waals surface area contributed by atoms with Crippen LogP contribution in [0.4, 0.5) is 0 Å². The van der Waals surface area contributed by atoms with Gasteiger partial charge in [0.15, 0.2) is 6.10 Å². The van der Waals surface area contributed by atoms with E-state index in [1.165, 1.54) is 205 Å². The number of esters is 3. The van der Waals surface area contributed by atoms with E-state index in [1.807, 2.05) is 0 Å². The van der Waals surface area contributed by atoms with Gasteiger partial charge in [0.1, 0.15) is 13.2 Å². The first kappa shape index (κ1) is 57.4. The van der Waals surface area contributed by atoms with Gasteiger partial charge < -0.3 is 14.2 Å². The highest BCUT2D eigenvalue weighted by Gasteiger charge is 2.19. The number of hydrogen-bond acceptors (Lipinski definition) is 6. The molecule has 350 valence electrons. The van der Waals surface area contributed by atoms with E-state index in [0.717, 1.165) is 57.8 Å². The second-order valence-electron chi connectivity index (χ2n) is 18.2. The van der Waals surface area contributed by atoms with Gasteiger partial charge in [0.2, 0.25) is 0 Å². The fraction of sp³-hybridized carbons (Fsp3) is 0.943. The molecule has 0 aliphatic carbocycles. The number of carbonyl (C=O) groups is 3. The zero-order valence-electron chi connectivity index (χ0n) is 40.1. The second kappa shape index (κ2) is 49.1. The van der Waals surface area contributed by atoms with Crippen molar-refractivity contribution in [1.29, 1.82) is 0 Å². The molecule has 0 rings (SSSR count). The quantitative estimate of drug-likeness (QED) is 0.0345. The molecule has 0 N–H and O–H groups in total. The van der Waals surface area contributed by atoms with Crippen LogP contribution in [0.1, 0.15) is 303 Å². The molecule has 0 aromatic heterocycles. The van der Waals surface area contributed by atoms with E-state index in [-0.39, 0.29) is 31.1 Å². The number of hydrogen-bond donors (Lipinski definition) is 0. The van der Waals surface area contributed by atoms with E-state index in [0.29, 0.717) is 19.3 Å². The molecule has 0 aromatic rings. The minimum absolute atomic E-state index is 0.0616. The third kappa shape index (κ3) is 47.3. The van der Waals surface area contributed by atoms with Crippen molar-refractivity contribution >= 4 is 17.9 Å². The summed E-state index contributed by atoms with van der Waals surface area (Å²) in [6, 6.07) is 0. The van der Waals surface area contributed by atoms with Crippen LogP contribution in [0.2, 0.25) is 0 Å².